The van der Waals surface area contributed by atoms with E-state index in [0.717, 1.165) is 22.3 Å². The Bertz CT molecular complexity index is 473. The van der Waals surface area contributed by atoms with Gasteiger partial charge in [0.05, 0.1) is 5.56 Å². The van der Waals surface area contributed by atoms with Crippen LogP contribution in [0, 0.1) is 6.92 Å². The van der Waals surface area contributed by atoms with Gasteiger partial charge in [0.2, 0.25) is 0 Å². The maximum Gasteiger partial charge on any atom is 0.336 e. The fourth-order valence-electron chi connectivity index (χ4n) is 2.64. The van der Waals surface area contributed by atoms with Crippen molar-refractivity contribution in [1.29, 1.82) is 0 Å². The highest BCUT2D eigenvalue weighted by Gasteiger charge is 2.22. The molecular weight excluding hydrogens is 294 g/mol. The number of carboxylic acid groups (broad SMARTS) is 1. The predicted molar refractivity (Wildman–Crippen MR) is 76.5 cm³/mol. The third kappa shape index (κ3) is 2.53. The predicted octanol–water partition coefficient (Wildman–Crippen LogP) is 3.83. The van der Waals surface area contributed by atoms with Gasteiger partial charge in [-0.1, -0.05) is 15.9 Å². The molecule has 18 heavy (non-hydrogen) atoms. The van der Waals surface area contributed by atoms with Crippen LogP contribution in [-0.4, -0.2) is 23.7 Å². The summed E-state index contributed by atoms with van der Waals surface area (Å²) in [5.74, 6) is -0.861. The molecule has 0 amide bonds. The van der Waals surface area contributed by atoms with Crippen molar-refractivity contribution in [2.45, 2.75) is 39.2 Å². The highest BCUT2D eigenvalue weighted by molar-refractivity contribution is 9.10. The molecule has 1 aliphatic rings. The molecule has 1 saturated heterocycles. The van der Waals surface area contributed by atoms with E-state index in [1.807, 2.05) is 13.0 Å². The topological polar surface area (TPSA) is 40.5 Å². The summed E-state index contributed by atoms with van der Waals surface area (Å²) in [6.45, 7) is 5.12. The largest absolute Gasteiger partial charge is 0.478 e. The van der Waals surface area contributed by atoms with Crippen molar-refractivity contribution in [3.8, 4) is 0 Å². The van der Waals surface area contributed by atoms with E-state index >= 15 is 0 Å². The second kappa shape index (κ2) is 5.31. The van der Waals surface area contributed by atoms with Gasteiger partial charge in [-0.3, -0.25) is 0 Å². The van der Waals surface area contributed by atoms with Gasteiger partial charge in [-0.2, -0.15) is 0 Å². The summed E-state index contributed by atoms with van der Waals surface area (Å²) in [5.41, 5.74) is 2.30. The Hall–Kier alpha value is -1.03. The van der Waals surface area contributed by atoms with E-state index in [1.54, 1.807) is 6.07 Å². The van der Waals surface area contributed by atoms with Gasteiger partial charge < -0.3 is 10.0 Å². The Labute approximate surface area is 116 Å². The summed E-state index contributed by atoms with van der Waals surface area (Å²) in [6, 6.07) is 4.19. The van der Waals surface area contributed by atoms with Gasteiger partial charge in [-0.25, -0.2) is 4.79 Å². The van der Waals surface area contributed by atoms with E-state index in [1.165, 1.54) is 19.3 Å². The molecule has 2 rings (SSSR count). The van der Waals surface area contributed by atoms with E-state index < -0.39 is 5.97 Å². The van der Waals surface area contributed by atoms with Gasteiger partial charge in [-0.05, 0) is 50.8 Å². The lowest BCUT2D eigenvalue weighted by Gasteiger charge is -2.36. The SMILES string of the molecule is Cc1c(C(=O)O)cc(Br)cc1N1CCCCC1C. The van der Waals surface area contributed by atoms with Crippen LogP contribution in [-0.2, 0) is 0 Å². The summed E-state index contributed by atoms with van der Waals surface area (Å²) in [7, 11) is 0. The molecule has 98 valence electrons. The number of nitrogens with zero attached hydrogens (tertiary/aromatic N) is 1. The summed E-state index contributed by atoms with van der Waals surface area (Å²) in [6.07, 6.45) is 3.61. The molecule has 1 N–H and O–H groups in total. The Morgan fingerprint density at radius 3 is 2.78 bits per heavy atom. The first kappa shape index (κ1) is 13.4. The minimum atomic E-state index is -0.861. The van der Waals surface area contributed by atoms with Crippen molar-refractivity contribution in [1.82, 2.24) is 0 Å². The minimum absolute atomic E-state index is 0.386. The average molecular weight is 312 g/mol. The molecule has 0 saturated carbocycles. The number of aromatic carboxylic acids is 1. The van der Waals surface area contributed by atoms with Crippen LogP contribution in [0.15, 0.2) is 16.6 Å². The van der Waals surface area contributed by atoms with Gasteiger partial charge in [0.25, 0.3) is 0 Å². The monoisotopic (exact) mass is 311 g/mol. The molecule has 0 radical (unpaired) electrons. The lowest BCUT2D eigenvalue weighted by Crippen LogP contribution is -2.38. The zero-order valence-corrected chi connectivity index (χ0v) is 12.3. The molecule has 0 aromatic heterocycles. The van der Waals surface area contributed by atoms with Crippen molar-refractivity contribution < 1.29 is 9.90 Å². The summed E-state index contributed by atoms with van der Waals surface area (Å²) in [5, 5.41) is 9.24. The quantitative estimate of drug-likeness (QED) is 0.902. The smallest absolute Gasteiger partial charge is 0.336 e. The molecule has 1 heterocycles. The number of carboxylic acids is 1. The van der Waals surface area contributed by atoms with E-state index in [-0.39, 0.29) is 0 Å². The molecule has 1 unspecified atom stereocenters. The number of carbonyl (C=O) groups is 1. The number of rotatable bonds is 2. The zero-order chi connectivity index (χ0) is 13.3. The van der Waals surface area contributed by atoms with Crippen LogP contribution >= 0.6 is 15.9 Å². The molecule has 0 aliphatic carbocycles. The first-order chi connectivity index (χ1) is 8.50. The number of hydrogen-bond donors (Lipinski definition) is 1. The zero-order valence-electron chi connectivity index (χ0n) is 10.7. The van der Waals surface area contributed by atoms with Crippen LogP contribution in [0.1, 0.15) is 42.1 Å². The van der Waals surface area contributed by atoms with Gasteiger partial charge in [0, 0.05) is 22.7 Å². The molecule has 1 aliphatic heterocycles. The molecule has 3 nitrogen and oxygen atoms in total. The fraction of sp³-hybridized carbons (Fsp3) is 0.500. The highest BCUT2D eigenvalue weighted by atomic mass is 79.9. The Morgan fingerprint density at radius 2 is 2.17 bits per heavy atom. The minimum Gasteiger partial charge on any atom is -0.478 e. The summed E-state index contributed by atoms with van der Waals surface area (Å²) < 4.78 is 0.832. The Morgan fingerprint density at radius 1 is 1.44 bits per heavy atom. The number of anilines is 1. The fourth-order valence-corrected chi connectivity index (χ4v) is 3.09. The third-order valence-corrected chi connectivity index (χ3v) is 4.15. The number of piperidine rings is 1. The average Bonchev–Trinajstić information content (AvgIpc) is 2.32. The lowest BCUT2D eigenvalue weighted by atomic mass is 9.99. The standard InChI is InChI=1S/C14H18BrNO2/c1-9-5-3-4-6-16(9)13-8-11(15)7-12(10(13)2)14(17)18/h7-9H,3-6H2,1-2H3,(H,17,18). The summed E-state index contributed by atoms with van der Waals surface area (Å²) >= 11 is 3.41. The van der Waals surface area contributed by atoms with Gasteiger partial charge in [0.15, 0.2) is 0 Å². The molecule has 1 atom stereocenters. The van der Waals surface area contributed by atoms with Crippen molar-refractivity contribution >= 4 is 27.6 Å². The molecule has 1 fully saturated rings. The van der Waals surface area contributed by atoms with Crippen LogP contribution in [0.4, 0.5) is 5.69 Å². The van der Waals surface area contributed by atoms with Crippen LogP contribution in [0.25, 0.3) is 0 Å². The van der Waals surface area contributed by atoms with Crippen LogP contribution in [0.5, 0.6) is 0 Å². The third-order valence-electron chi connectivity index (χ3n) is 3.69. The van der Waals surface area contributed by atoms with Crippen molar-refractivity contribution in [3.63, 3.8) is 0 Å². The van der Waals surface area contributed by atoms with E-state index in [4.69, 9.17) is 0 Å². The van der Waals surface area contributed by atoms with Gasteiger partial charge in [-0.15, -0.1) is 0 Å². The molecule has 0 bridgehead atoms. The maximum atomic E-state index is 11.3. The van der Waals surface area contributed by atoms with Gasteiger partial charge >= 0.3 is 5.97 Å². The highest BCUT2D eigenvalue weighted by Crippen LogP contribution is 2.32. The number of halogens is 1. The lowest BCUT2D eigenvalue weighted by molar-refractivity contribution is 0.0696. The van der Waals surface area contributed by atoms with Crippen molar-refractivity contribution in [2.24, 2.45) is 0 Å². The number of hydrogen-bond acceptors (Lipinski definition) is 2. The van der Waals surface area contributed by atoms with Crippen LogP contribution < -0.4 is 4.90 Å². The maximum absolute atomic E-state index is 11.3. The first-order valence-electron chi connectivity index (χ1n) is 6.31. The first-order valence-corrected chi connectivity index (χ1v) is 7.10. The molecule has 0 spiro atoms. The molecular formula is C14H18BrNO2. The summed E-state index contributed by atoms with van der Waals surface area (Å²) in [4.78, 5) is 13.6. The molecule has 4 heteroatoms. The van der Waals surface area contributed by atoms with Crippen LogP contribution in [0.2, 0.25) is 0 Å². The van der Waals surface area contributed by atoms with Crippen molar-refractivity contribution in [2.75, 3.05) is 11.4 Å². The molecule has 1 aromatic rings. The second-order valence-electron chi connectivity index (χ2n) is 4.94. The Kier molecular flexibility index (Phi) is 3.95. The van der Waals surface area contributed by atoms with Crippen LogP contribution in [0.3, 0.4) is 0 Å². The molecule has 1 aromatic carbocycles. The Balaban J connectivity index is 2.46. The van der Waals surface area contributed by atoms with Gasteiger partial charge in [0.1, 0.15) is 0 Å². The van der Waals surface area contributed by atoms with E-state index in [0.29, 0.717) is 11.6 Å². The van der Waals surface area contributed by atoms with Crippen molar-refractivity contribution in [3.05, 3.63) is 27.7 Å². The normalized spacial score (nSPS) is 19.9. The number of benzene rings is 1. The van der Waals surface area contributed by atoms with E-state index in [9.17, 15) is 9.90 Å². The van der Waals surface area contributed by atoms with E-state index in [2.05, 4.69) is 27.8 Å². The second-order valence-corrected chi connectivity index (χ2v) is 5.86.